The fraction of sp³-hybridized carbons (Fsp3) is 0.238. The molecule has 148 valence electrons. The number of rotatable bonds is 4. The molecule has 6 nitrogen and oxygen atoms in total. The maximum absolute atomic E-state index is 14.0. The van der Waals surface area contributed by atoms with E-state index in [1.165, 1.54) is 30.6 Å². The highest BCUT2D eigenvalue weighted by molar-refractivity contribution is 5.87. The molecule has 0 unspecified atom stereocenters. The van der Waals surface area contributed by atoms with Crippen molar-refractivity contribution < 1.29 is 8.78 Å². The van der Waals surface area contributed by atoms with Gasteiger partial charge >= 0.3 is 0 Å². The quantitative estimate of drug-likeness (QED) is 0.570. The molecule has 0 radical (unpaired) electrons. The number of aromatic amines is 1. The second-order valence-electron chi connectivity index (χ2n) is 7.12. The van der Waals surface area contributed by atoms with Crippen LogP contribution in [0, 0.1) is 25.5 Å². The van der Waals surface area contributed by atoms with Crippen molar-refractivity contribution in [2.75, 3.05) is 0 Å². The van der Waals surface area contributed by atoms with Gasteiger partial charge in [0, 0.05) is 11.3 Å². The molecule has 2 aromatic carbocycles. The van der Waals surface area contributed by atoms with E-state index in [1.54, 1.807) is 23.7 Å². The summed E-state index contributed by atoms with van der Waals surface area (Å²) in [5, 5.41) is 12.0. The maximum atomic E-state index is 14.0. The first-order valence-corrected chi connectivity index (χ1v) is 9.17. The summed E-state index contributed by atoms with van der Waals surface area (Å²) in [7, 11) is 0. The Bertz CT molecular complexity index is 1250. The number of nitrogens with zero attached hydrogens (tertiary/aromatic N) is 4. The van der Waals surface area contributed by atoms with Crippen LogP contribution in [-0.4, -0.2) is 25.0 Å². The predicted octanol–water partition coefficient (Wildman–Crippen LogP) is 3.80. The van der Waals surface area contributed by atoms with Gasteiger partial charge in [0.15, 0.2) is 0 Å². The molecule has 0 saturated heterocycles. The van der Waals surface area contributed by atoms with E-state index >= 15 is 0 Å². The molecule has 0 aliphatic carbocycles. The van der Waals surface area contributed by atoms with E-state index < -0.39 is 17.4 Å². The van der Waals surface area contributed by atoms with Crippen molar-refractivity contribution in [2.24, 2.45) is 0 Å². The zero-order valence-corrected chi connectivity index (χ0v) is 16.1. The predicted molar refractivity (Wildman–Crippen MR) is 105 cm³/mol. The highest BCUT2D eigenvalue weighted by atomic mass is 19.1. The van der Waals surface area contributed by atoms with Crippen molar-refractivity contribution in [1.29, 1.82) is 0 Å². The molecule has 4 aromatic rings. The van der Waals surface area contributed by atoms with Gasteiger partial charge in [-0.25, -0.2) is 23.5 Å². The lowest BCUT2D eigenvalue weighted by atomic mass is 9.88. The molecule has 4 rings (SSSR count). The van der Waals surface area contributed by atoms with E-state index in [0.717, 1.165) is 5.56 Å². The Kier molecular flexibility index (Phi) is 4.70. The Labute approximate surface area is 165 Å². The van der Waals surface area contributed by atoms with Gasteiger partial charge in [0.05, 0.1) is 11.1 Å². The number of halogens is 2. The van der Waals surface area contributed by atoms with Gasteiger partial charge < -0.3 is 0 Å². The summed E-state index contributed by atoms with van der Waals surface area (Å²) in [5.74, 6) is -0.349. The molecular formula is C21H19F2N5O. The molecular weight excluding hydrogens is 376 g/mol. The molecule has 0 bridgehead atoms. The van der Waals surface area contributed by atoms with Crippen LogP contribution >= 0.6 is 0 Å². The van der Waals surface area contributed by atoms with E-state index in [-0.39, 0.29) is 17.1 Å². The topological polar surface area (TPSA) is 76.5 Å². The summed E-state index contributed by atoms with van der Waals surface area (Å²) in [6, 6.07) is 8.35. The number of fused-ring (bicyclic) bond motifs is 1. The zero-order chi connectivity index (χ0) is 20.7. The van der Waals surface area contributed by atoms with E-state index in [2.05, 4.69) is 20.3 Å². The number of hydrogen-bond donors (Lipinski definition) is 1. The molecule has 2 heterocycles. The number of hydrogen-bond acceptors (Lipinski definition) is 4. The highest BCUT2D eigenvalue weighted by Gasteiger charge is 2.29. The minimum absolute atomic E-state index is 0.193. The summed E-state index contributed by atoms with van der Waals surface area (Å²) >= 11 is 0. The van der Waals surface area contributed by atoms with Crippen molar-refractivity contribution in [3.63, 3.8) is 0 Å². The molecule has 0 amide bonds. The number of aryl methyl sites for hydroxylation is 2. The lowest BCUT2D eigenvalue weighted by Gasteiger charge is -2.26. The van der Waals surface area contributed by atoms with Gasteiger partial charge in [-0.3, -0.25) is 4.79 Å². The Balaban J connectivity index is 2.00. The van der Waals surface area contributed by atoms with Crippen LogP contribution < -0.4 is 5.56 Å². The van der Waals surface area contributed by atoms with Crippen LogP contribution in [0.4, 0.5) is 8.78 Å². The standard InChI is InChI=1S/C21H19F2N5O/c1-11-8-16(23)9-17-18(11)19(26-27-21(17)29)20(28-13(3)24-10-25-28)12(2)14-4-6-15(22)7-5-14/h4-10,12,20H,1-3H3,(H,27,29)/t12-,20-/m1/s1. The monoisotopic (exact) mass is 395 g/mol. The van der Waals surface area contributed by atoms with Gasteiger partial charge in [-0.1, -0.05) is 19.1 Å². The summed E-state index contributed by atoms with van der Waals surface area (Å²) in [6.07, 6.45) is 1.44. The normalized spacial score (nSPS) is 13.6. The summed E-state index contributed by atoms with van der Waals surface area (Å²) in [4.78, 5) is 16.5. The molecule has 0 fully saturated rings. The summed E-state index contributed by atoms with van der Waals surface area (Å²) in [5.41, 5.74) is 1.55. The fourth-order valence-corrected chi connectivity index (χ4v) is 3.80. The van der Waals surface area contributed by atoms with Crippen molar-refractivity contribution in [3.8, 4) is 0 Å². The Morgan fingerprint density at radius 3 is 2.45 bits per heavy atom. The first kappa shape index (κ1) is 18.9. The SMILES string of the molecule is Cc1cc(F)cc2c(=O)[nH]nc([C@@H]([C@H](C)c3ccc(F)cc3)n3ncnc3C)c12. The maximum Gasteiger partial charge on any atom is 0.272 e. The molecule has 0 aliphatic rings. The smallest absolute Gasteiger partial charge is 0.267 e. The van der Waals surface area contributed by atoms with Gasteiger partial charge in [0.1, 0.15) is 29.8 Å². The van der Waals surface area contributed by atoms with Crippen LogP contribution in [0.25, 0.3) is 10.8 Å². The van der Waals surface area contributed by atoms with Crippen molar-refractivity contribution in [1.82, 2.24) is 25.0 Å². The average molecular weight is 395 g/mol. The molecule has 2 atom stereocenters. The Morgan fingerprint density at radius 2 is 1.79 bits per heavy atom. The number of nitrogens with one attached hydrogen (secondary N) is 1. The molecule has 0 spiro atoms. The van der Waals surface area contributed by atoms with Gasteiger partial charge in [-0.05, 0) is 49.2 Å². The summed E-state index contributed by atoms with van der Waals surface area (Å²) in [6.45, 7) is 5.53. The van der Waals surface area contributed by atoms with Crippen LogP contribution in [-0.2, 0) is 0 Å². The third-order valence-electron chi connectivity index (χ3n) is 5.24. The minimum Gasteiger partial charge on any atom is -0.267 e. The van der Waals surface area contributed by atoms with Crippen LogP contribution in [0.1, 0.15) is 41.5 Å². The van der Waals surface area contributed by atoms with Crippen molar-refractivity contribution in [3.05, 3.63) is 87.4 Å². The Hall–Kier alpha value is -3.42. The first-order valence-electron chi connectivity index (χ1n) is 9.17. The van der Waals surface area contributed by atoms with Gasteiger partial charge in [0.25, 0.3) is 5.56 Å². The lowest BCUT2D eigenvalue weighted by molar-refractivity contribution is 0.435. The average Bonchev–Trinajstić information content (AvgIpc) is 3.10. The third-order valence-corrected chi connectivity index (χ3v) is 5.24. The lowest BCUT2D eigenvalue weighted by Crippen LogP contribution is -2.24. The second-order valence-corrected chi connectivity index (χ2v) is 7.12. The van der Waals surface area contributed by atoms with Gasteiger partial charge in [-0.2, -0.15) is 10.2 Å². The van der Waals surface area contributed by atoms with Crippen LogP contribution in [0.2, 0.25) is 0 Å². The first-order chi connectivity index (χ1) is 13.9. The minimum atomic E-state index is -0.488. The molecule has 2 aromatic heterocycles. The second kappa shape index (κ2) is 7.20. The highest BCUT2D eigenvalue weighted by Crippen LogP contribution is 2.36. The van der Waals surface area contributed by atoms with E-state index in [4.69, 9.17) is 0 Å². The van der Waals surface area contributed by atoms with E-state index in [9.17, 15) is 13.6 Å². The largest absolute Gasteiger partial charge is 0.272 e. The van der Waals surface area contributed by atoms with Crippen LogP contribution in [0.15, 0.2) is 47.5 Å². The molecule has 0 aliphatic heterocycles. The van der Waals surface area contributed by atoms with Crippen molar-refractivity contribution >= 4 is 10.8 Å². The zero-order valence-electron chi connectivity index (χ0n) is 16.1. The molecule has 0 saturated carbocycles. The van der Waals surface area contributed by atoms with Crippen LogP contribution in [0.3, 0.4) is 0 Å². The van der Waals surface area contributed by atoms with Crippen molar-refractivity contribution in [2.45, 2.75) is 32.7 Å². The molecule has 29 heavy (non-hydrogen) atoms. The van der Waals surface area contributed by atoms with Crippen LogP contribution in [0.5, 0.6) is 0 Å². The number of aromatic nitrogens is 5. The van der Waals surface area contributed by atoms with E-state index in [0.29, 0.717) is 22.5 Å². The molecule has 1 N–H and O–H groups in total. The number of H-pyrrole nitrogens is 1. The summed E-state index contributed by atoms with van der Waals surface area (Å²) < 4.78 is 29.1. The fourth-order valence-electron chi connectivity index (χ4n) is 3.80. The Morgan fingerprint density at radius 1 is 1.07 bits per heavy atom. The molecule has 8 heteroatoms. The van der Waals surface area contributed by atoms with Gasteiger partial charge in [-0.15, -0.1) is 0 Å². The third kappa shape index (κ3) is 3.30. The number of benzene rings is 2. The van der Waals surface area contributed by atoms with Gasteiger partial charge in [0.2, 0.25) is 0 Å². The van der Waals surface area contributed by atoms with E-state index in [1.807, 2.05) is 13.8 Å².